The number of aliphatic imine (C=N–C) groups is 1. The zero-order valence-corrected chi connectivity index (χ0v) is 17.0. The molecule has 2 aromatic heterocycles. The first kappa shape index (κ1) is 19.7. The Labute approximate surface area is 165 Å². The maximum Gasteiger partial charge on any atom is 0.214 e. The summed E-state index contributed by atoms with van der Waals surface area (Å²) in [6.45, 7) is 10.6. The summed E-state index contributed by atoms with van der Waals surface area (Å²) in [5.74, 6) is 3.27. The molecule has 0 saturated heterocycles. The number of aromatic nitrogens is 3. The molecular formula is C21H28N6O. The molecule has 3 rings (SSSR count). The average molecular weight is 380 g/mol. The predicted octanol–water partition coefficient (Wildman–Crippen LogP) is 3.10. The minimum absolute atomic E-state index is 0.500. The molecule has 0 bridgehead atoms. The van der Waals surface area contributed by atoms with Gasteiger partial charge in [-0.25, -0.2) is 15.0 Å². The lowest BCUT2D eigenvalue weighted by Gasteiger charge is -2.10. The van der Waals surface area contributed by atoms with Crippen LogP contribution in [0.3, 0.4) is 0 Å². The summed E-state index contributed by atoms with van der Waals surface area (Å²) in [5, 5.41) is 6.54. The first-order valence-electron chi connectivity index (χ1n) is 9.55. The molecule has 0 spiro atoms. The lowest BCUT2D eigenvalue weighted by Crippen LogP contribution is -2.36. The normalized spacial score (nSPS) is 11.6. The molecule has 2 N–H and O–H groups in total. The zero-order chi connectivity index (χ0) is 19.9. The smallest absolute Gasteiger partial charge is 0.214 e. The second-order valence-corrected chi connectivity index (χ2v) is 6.72. The zero-order valence-electron chi connectivity index (χ0n) is 17.0. The Morgan fingerprint density at radius 2 is 2.00 bits per heavy atom. The third kappa shape index (κ3) is 5.22. The van der Waals surface area contributed by atoms with Crippen molar-refractivity contribution in [3.8, 4) is 0 Å². The number of rotatable bonds is 7. The number of hydrogen-bond acceptors (Lipinski definition) is 4. The predicted molar refractivity (Wildman–Crippen MR) is 110 cm³/mol. The van der Waals surface area contributed by atoms with Crippen molar-refractivity contribution in [1.29, 1.82) is 0 Å². The molecule has 0 radical (unpaired) electrons. The lowest BCUT2D eigenvalue weighted by molar-refractivity contribution is 0.463. The van der Waals surface area contributed by atoms with Crippen molar-refractivity contribution in [2.75, 3.05) is 6.54 Å². The molecule has 0 aliphatic rings. The van der Waals surface area contributed by atoms with Gasteiger partial charge in [0.1, 0.15) is 11.6 Å². The molecule has 0 aliphatic heterocycles. The molecule has 0 saturated carbocycles. The van der Waals surface area contributed by atoms with Gasteiger partial charge in [0, 0.05) is 25.5 Å². The Morgan fingerprint density at radius 1 is 1.18 bits per heavy atom. The van der Waals surface area contributed by atoms with Crippen LogP contribution < -0.4 is 10.6 Å². The van der Waals surface area contributed by atoms with E-state index in [4.69, 9.17) is 4.42 Å². The highest BCUT2D eigenvalue weighted by Gasteiger charge is 2.06. The fraction of sp³-hybridized carbons (Fsp3) is 0.381. The summed E-state index contributed by atoms with van der Waals surface area (Å²) in [6, 6.07) is 8.49. The van der Waals surface area contributed by atoms with Gasteiger partial charge in [0.2, 0.25) is 5.89 Å². The highest BCUT2D eigenvalue weighted by atomic mass is 16.4. The van der Waals surface area contributed by atoms with Crippen molar-refractivity contribution in [2.45, 2.75) is 47.3 Å². The van der Waals surface area contributed by atoms with E-state index in [2.05, 4.69) is 54.4 Å². The van der Waals surface area contributed by atoms with Crippen LogP contribution in [-0.2, 0) is 19.6 Å². The standard InChI is InChI=1S/C21H28N6O/c1-5-22-21(25-13-20-26-15(2)16(3)28-20)24-12-18-7-6-8-19(11-18)14-27-10-9-23-17(27)4/h6-11H,5,12-14H2,1-4H3,(H2,22,24,25). The van der Waals surface area contributed by atoms with Crippen LogP contribution in [0.15, 0.2) is 46.1 Å². The van der Waals surface area contributed by atoms with Gasteiger partial charge in [0.15, 0.2) is 5.96 Å². The van der Waals surface area contributed by atoms with Gasteiger partial charge < -0.3 is 19.6 Å². The van der Waals surface area contributed by atoms with Crippen LogP contribution in [-0.4, -0.2) is 27.0 Å². The quantitative estimate of drug-likeness (QED) is 0.486. The molecule has 0 atom stereocenters. The topological polar surface area (TPSA) is 80.3 Å². The molecule has 0 aliphatic carbocycles. The monoisotopic (exact) mass is 380 g/mol. The maximum atomic E-state index is 5.62. The molecule has 7 heteroatoms. The Balaban J connectivity index is 1.63. The van der Waals surface area contributed by atoms with E-state index in [1.165, 1.54) is 5.56 Å². The summed E-state index contributed by atoms with van der Waals surface area (Å²) in [5.41, 5.74) is 3.32. The van der Waals surface area contributed by atoms with Crippen molar-refractivity contribution < 1.29 is 4.42 Å². The highest BCUT2D eigenvalue weighted by molar-refractivity contribution is 5.79. The lowest BCUT2D eigenvalue weighted by atomic mass is 10.1. The second kappa shape index (κ2) is 9.21. The minimum atomic E-state index is 0.500. The number of nitrogens with one attached hydrogen (secondary N) is 2. The molecule has 7 nitrogen and oxygen atoms in total. The number of hydrogen-bond donors (Lipinski definition) is 2. The van der Waals surface area contributed by atoms with E-state index in [0.29, 0.717) is 19.0 Å². The Morgan fingerprint density at radius 3 is 2.68 bits per heavy atom. The second-order valence-electron chi connectivity index (χ2n) is 6.72. The van der Waals surface area contributed by atoms with Gasteiger partial charge in [-0.2, -0.15) is 0 Å². The molecule has 3 aromatic rings. The van der Waals surface area contributed by atoms with Crippen molar-refractivity contribution in [3.05, 3.63) is 71.0 Å². The maximum absolute atomic E-state index is 5.62. The van der Waals surface area contributed by atoms with Crippen molar-refractivity contribution in [2.24, 2.45) is 4.99 Å². The van der Waals surface area contributed by atoms with Crippen LogP contribution in [0.2, 0.25) is 0 Å². The number of imidazole rings is 1. The van der Waals surface area contributed by atoms with E-state index in [9.17, 15) is 0 Å². The van der Waals surface area contributed by atoms with Crippen LogP contribution in [0.4, 0.5) is 0 Å². The van der Waals surface area contributed by atoms with Crippen LogP contribution in [0.25, 0.3) is 0 Å². The Hall–Kier alpha value is -3.09. The fourth-order valence-corrected chi connectivity index (χ4v) is 2.88. The van der Waals surface area contributed by atoms with E-state index in [1.807, 2.05) is 40.1 Å². The van der Waals surface area contributed by atoms with E-state index in [1.54, 1.807) is 0 Å². The van der Waals surface area contributed by atoms with Gasteiger partial charge in [0.05, 0.1) is 18.8 Å². The van der Waals surface area contributed by atoms with Gasteiger partial charge in [-0.1, -0.05) is 24.3 Å². The molecule has 0 fully saturated rings. The summed E-state index contributed by atoms with van der Waals surface area (Å²) in [4.78, 5) is 13.4. The summed E-state index contributed by atoms with van der Waals surface area (Å²) in [7, 11) is 0. The molecule has 1 aromatic carbocycles. The van der Waals surface area contributed by atoms with Gasteiger partial charge in [-0.3, -0.25) is 0 Å². The van der Waals surface area contributed by atoms with Crippen LogP contribution in [0, 0.1) is 20.8 Å². The molecule has 2 heterocycles. The number of oxazole rings is 1. The number of benzene rings is 1. The number of nitrogens with zero attached hydrogens (tertiary/aromatic N) is 4. The van der Waals surface area contributed by atoms with Gasteiger partial charge in [-0.05, 0) is 38.8 Å². The van der Waals surface area contributed by atoms with E-state index >= 15 is 0 Å². The van der Waals surface area contributed by atoms with Crippen LogP contribution >= 0.6 is 0 Å². The van der Waals surface area contributed by atoms with E-state index < -0.39 is 0 Å². The van der Waals surface area contributed by atoms with Crippen LogP contribution in [0.5, 0.6) is 0 Å². The van der Waals surface area contributed by atoms with Gasteiger partial charge in [0.25, 0.3) is 0 Å². The first-order chi connectivity index (χ1) is 13.5. The van der Waals surface area contributed by atoms with E-state index in [0.717, 1.165) is 41.9 Å². The Bertz CT molecular complexity index is 921. The van der Waals surface area contributed by atoms with Gasteiger partial charge >= 0.3 is 0 Å². The molecule has 0 unspecified atom stereocenters. The first-order valence-corrected chi connectivity index (χ1v) is 9.55. The molecule has 0 amide bonds. The number of guanidine groups is 1. The van der Waals surface area contributed by atoms with Crippen molar-refractivity contribution >= 4 is 5.96 Å². The highest BCUT2D eigenvalue weighted by Crippen LogP contribution is 2.10. The third-order valence-corrected chi connectivity index (χ3v) is 4.51. The van der Waals surface area contributed by atoms with E-state index in [-0.39, 0.29) is 0 Å². The minimum Gasteiger partial charge on any atom is -0.444 e. The largest absolute Gasteiger partial charge is 0.444 e. The Kier molecular flexibility index (Phi) is 6.47. The van der Waals surface area contributed by atoms with Crippen LogP contribution in [0.1, 0.15) is 41.2 Å². The summed E-state index contributed by atoms with van der Waals surface area (Å²) < 4.78 is 7.75. The van der Waals surface area contributed by atoms with Gasteiger partial charge in [-0.15, -0.1) is 0 Å². The SMILES string of the molecule is CCNC(=NCc1cccc(Cn2ccnc2C)c1)NCc1nc(C)c(C)o1. The fourth-order valence-electron chi connectivity index (χ4n) is 2.88. The average Bonchev–Trinajstić information content (AvgIpc) is 3.23. The molecule has 28 heavy (non-hydrogen) atoms. The third-order valence-electron chi connectivity index (χ3n) is 4.51. The molecular weight excluding hydrogens is 352 g/mol. The summed E-state index contributed by atoms with van der Waals surface area (Å²) in [6.07, 6.45) is 3.83. The van der Waals surface area contributed by atoms with Crippen molar-refractivity contribution in [1.82, 2.24) is 25.2 Å². The van der Waals surface area contributed by atoms with Crippen molar-refractivity contribution in [3.63, 3.8) is 0 Å². The summed E-state index contributed by atoms with van der Waals surface area (Å²) >= 11 is 0. The molecule has 148 valence electrons. The number of aryl methyl sites for hydroxylation is 3.